The average molecular weight is 479 g/mol. The van der Waals surface area contributed by atoms with Gasteiger partial charge in [0.25, 0.3) is 11.5 Å². The molecule has 35 heavy (non-hydrogen) atoms. The van der Waals surface area contributed by atoms with Crippen molar-refractivity contribution in [2.75, 3.05) is 38.3 Å². The Balaban J connectivity index is 1.23. The number of pyridine rings is 1. The fourth-order valence-corrected chi connectivity index (χ4v) is 6.23. The zero-order chi connectivity index (χ0) is 24.1. The number of amides is 2. The molecular formula is C26H30N4O5. The van der Waals surface area contributed by atoms with E-state index in [9.17, 15) is 14.4 Å². The lowest BCUT2D eigenvalue weighted by atomic mass is 9.81. The Labute approximate surface area is 203 Å². The Hall–Kier alpha value is -3.33. The molecule has 2 bridgehead atoms. The molecule has 6 rings (SSSR count). The minimum Gasteiger partial charge on any atom is -0.454 e. The number of ether oxygens (including phenoxy) is 2. The van der Waals surface area contributed by atoms with Gasteiger partial charge in [0.15, 0.2) is 11.5 Å². The Bertz CT molecular complexity index is 1230. The van der Waals surface area contributed by atoms with Gasteiger partial charge in [-0.1, -0.05) is 0 Å². The second-order valence-electron chi connectivity index (χ2n) is 10.1. The van der Waals surface area contributed by atoms with Gasteiger partial charge in [0.1, 0.15) is 0 Å². The molecule has 0 saturated carbocycles. The highest BCUT2D eigenvalue weighted by Gasteiger charge is 2.39. The van der Waals surface area contributed by atoms with Crippen LogP contribution in [0.4, 0.5) is 5.69 Å². The fourth-order valence-electron chi connectivity index (χ4n) is 6.23. The SMILES string of the molecule is CC(=O)N1CCC(N2CC3CC(C2)c2c(NC(=O)c4ccc5c(c4)OCO5)ccc(=O)n2C3)CC1. The van der Waals surface area contributed by atoms with Crippen LogP contribution in [0.25, 0.3) is 0 Å². The summed E-state index contributed by atoms with van der Waals surface area (Å²) in [5.74, 6) is 1.68. The van der Waals surface area contributed by atoms with Gasteiger partial charge >= 0.3 is 0 Å². The predicted octanol–water partition coefficient (Wildman–Crippen LogP) is 2.26. The zero-order valence-corrected chi connectivity index (χ0v) is 19.9. The van der Waals surface area contributed by atoms with E-state index < -0.39 is 0 Å². The average Bonchev–Trinajstić information content (AvgIpc) is 3.33. The Kier molecular flexibility index (Phi) is 5.51. The summed E-state index contributed by atoms with van der Waals surface area (Å²) >= 11 is 0. The minimum atomic E-state index is -0.240. The number of fused-ring (bicyclic) bond motifs is 5. The Morgan fingerprint density at radius 3 is 2.60 bits per heavy atom. The number of piperidine rings is 2. The van der Waals surface area contributed by atoms with Crippen LogP contribution in [-0.2, 0) is 11.3 Å². The first-order valence-electron chi connectivity index (χ1n) is 12.4. The summed E-state index contributed by atoms with van der Waals surface area (Å²) in [6, 6.07) is 8.88. The van der Waals surface area contributed by atoms with Crippen molar-refractivity contribution < 1.29 is 19.1 Å². The van der Waals surface area contributed by atoms with Crippen molar-refractivity contribution in [3.8, 4) is 11.5 Å². The van der Waals surface area contributed by atoms with Gasteiger partial charge in [0.05, 0.1) is 5.69 Å². The third kappa shape index (κ3) is 4.07. The van der Waals surface area contributed by atoms with E-state index >= 15 is 0 Å². The molecule has 2 aromatic rings. The van der Waals surface area contributed by atoms with Crippen LogP contribution in [-0.4, -0.2) is 65.2 Å². The molecule has 9 nitrogen and oxygen atoms in total. The summed E-state index contributed by atoms with van der Waals surface area (Å²) in [6.45, 7) is 5.90. The van der Waals surface area contributed by atoms with Crippen LogP contribution in [0.15, 0.2) is 35.1 Å². The van der Waals surface area contributed by atoms with Crippen LogP contribution in [0.3, 0.4) is 0 Å². The van der Waals surface area contributed by atoms with E-state index in [1.165, 1.54) is 0 Å². The van der Waals surface area contributed by atoms with E-state index in [0.717, 1.165) is 51.1 Å². The maximum absolute atomic E-state index is 13.1. The second-order valence-corrected chi connectivity index (χ2v) is 10.1. The van der Waals surface area contributed by atoms with Gasteiger partial charge in [-0.2, -0.15) is 0 Å². The highest BCUT2D eigenvalue weighted by Crippen LogP contribution is 2.40. The summed E-state index contributed by atoms with van der Waals surface area (Å²) < 4.78 is 12.6. The van der Waals surface area contributed by atoms with Crippen LogP contribution < -0.4 is 20.3 Å². The molecule has 2 atom stereocenters. The first-order valence-corrected chi connectivity index (χ1v) is 12.4. The van der Waals surface area contributed by atoms with Crippen LogP contribution >= 0.6 is 0 Å². The number of rotatable bonds is 3. The highest BCUT2D eigenvalue weighted by molar-refractivity contribution is 6.05. The van der Waals surface area contributed by atoms with Gasteiger partial charge in [-0.05, 0) is 49.4 Å². The number of hydrogen-bond acceptors (Lipinski definition) is 6. The van der Waals surface area contributed by atoms with Crippen LogP contribution in [0.5, 0.6) is 11.5 Å². The molecule has 2 unspecified atom stereocenters. The van der Waals surface area contributed by atoms with Crippen molar-refractivity contribution in [2.24, 2.45) is 5.92 Å². The van der Waals surface area contributed by atoms with Crippen molar-refractivity contribution in [1.29, 1.82) is 0 Å². The molecule has 2 amide bonds. The molecule has 1 aromatic heterocycles. The third-order valence-corrected chi connectivity index (χ3v) is 7.93. The largest absolute Gasteiger partial charge is 0.454 e. The van der Waals surface area contributed by atoms with E-state index in [-0.39, 0.29) is 30.1 Å². The van der Waals surface area contributed by atoms with Crippen molar-refractivity contribution >= 4 is 17.5 Å². The quantitative estimate of drug-likeness (QED) is 0.728. The first kappa shape index (κ1) is 22.2. The van der Waals surface area contributed by atoms with E-state index in [2.05, 4.69) is 10.2 Å². The van der Waals surface area contributed by atoms with E-state index in [0.29, 0.717) is 41.3 Å². The molecule has 184 valence electrons. The molecular weight excluding hydrogens is 448 g/mol. The number of hydrogen-bond donors (Lipinski definition) is 1. The highest BCUT2D eigenvalue weighted by atomic mass is 16.7. The van der Waals surface area contributed by atoms with Crippen LogP contribution in [0, 0.1) is 5.92 Å². The minimum absolute atomic E-state index is 0.0148. The second kappa shape index (κ2) is 8.71. The number of benzene rings is 1. The lowest BCUT2D eigenvalue weighted by molar-refractivity contribution is -0.130. The van der Waals surface area contributed by atoms with Crippen molar-refractivity contribution in [3.63, 3.8) is 0 Å². The standard InChI is InChI=1S/C26H30N4O5/c1-16(31)28-8-6-20(7-9-28)29-12-17-10-19(14-29)25-21(3-5-24(32)30(25)13-17)27-26(33)18-2-4-22-23(11-18)35-15-34-22/h2-5,11,17,19-20H,6-10,12-15H2,1H3,(H,27,33). The number of aromatic nitrogens is 1. The molecule has 4 aliphatic heterocycles. The molecule has 0 spiro atoms. The number of nitrogens with one attached hydrogen (secondary N) is 1. The zero-order valence-electron chi connectivity index (χ0n) is 19.9. The van der Waals surface area contributed by atoms with Gasteiger partial charge in [0.2, 0.25) is 12.7 Å². The summed E-state index contributed by atoms with van der Waals surface area (Å²) in [5, 5.41) is 3.06. The van der Waals surface area contributed by atoms with Gasteiger partial charge in [-0.25, -0.2) is 0 Å². The monoisotopic (exact) mass is 478 g/mol. The molecule has 1 aromatic carbocycles. The smallest absolute Gasteiger partial charge is 0.255 e. The van der Waals surface area contributed by atoms with Gasteiger partial charge < -0.3 is 24.3 Å². The van der Waals surface area contributed by atoms with Gasteiger partial charge in [0, 0.05) is 68.9 Å². The predicted molar refractivity (Wildman–Crippen MR) is 129 cm³/mol. The summed E-state index contributed by atoms with van der Waals surface area (Å²) in [5.41, 5.74) is 2.09. The topological polar surface area (TPSA) is 93.1 Å². The van der Waals surface area contributed by atoms with E-state index in [1.54, 1.807) is 37.3 Å². The molecule has 0 aliphatic carbocycles. The molecule has 2 saturated heterocycles. The molecule has 2 fully saturated rings. The number of carbonyl (C=O) groups is 2. The van der Waals surface area contributed by atoms with E-state index in [1.807, 2.05) is 9.47 Å². The maximum Gasteiger partial charge on any atom is 0.255 e. The molecule has 1 N–H and O–H groups in total. The summed E-state index contributed by atoms with van der Waals surface area (Å²) in [6.07, 6.45) is 2.97. The molecule has 0 radical (unpaired) electrons. The molecule has 5 heterocycles. The van der Waals surface area contributed by atoms with Crippen LogP contribution in [0.2, 0.25) is 0 Å². The molecule has 9 heteroatoms. The third-order valence-electron chi connectivity index (χ3n) is 7.93. The van der Waals surface area contributed by atoms with Crippen molar-refractivity contribution in [1.82, 2.24) is 14.4 Å². The lowest BCUT2D eigenvalue weighted by Crippen LogP contribution is -2.53. The first-order chi connectivity index (χ1) is 17.0. The van der Waals surface area contributed by atoms with Gasteiger partial charge in [-0.15, -0.1) is 0 Å². The van der Waals surface area contributed by atoms with Crippen LogP contribution in [0.1, 0.15) is 48.2 Å². The number of carbonyl (C=O) groups excluding carboxylic acids is 2. The number of nitrogens with zero attached hydrogens (tertiary/aromatic N) is 3. The van der Waals surface area contributed by atoms with E-state index in [4.69, 9.17) is 9.47 Å². The normalized spacial score (nSPS) is 23.6. The van der Waals surface area contributed by atoms with Gasteiger partial charge in [-0.3, -0.25) is 19.3 Å². The Morgan fingerprint density at radius 1 is 1.00 bits per heavy atom. The molecule has 4 aliphatic rings. The number of likely N-dealkylation sites (tertiary alicyclic amines) is 2. The summed E-state index contributed by atoms with van der Waals surface area (Å²) in [7, 11) is 0. The summed E-state index contributed by atoms with van der Waals surface area (Å²) in [4.78, 5) is 42.1. The Morgan fingerprint density at radius 2 is 1.80 bits per heavy atom. The fraction of sp³-hybridized carbons (Fsp3) is 0.500. The van der Waals surface area contributed by atoms with Crippen molar-refractivity contribution in [3.05, 3.63) is 51.9 Å². The number of anilines is 1. The van der Waals surface area contributed by atoms with Crippen molar-refractivity contribution in [2.45, 2.75) is 44.7 Å². The lowest BCUT2D eigenvalue weighted by Gasteiger charge is -2.47. The maximum atomic E-state index is 13.1.